The van der Waals surface area contributed by atoms with Crippen molar-refractivity contribution in [3.63, 3.8) is 0 Å². The predicted octanol–water partition coefficient (Wildman–Crippen LogP) is 7.00. The summed E-state index contributed by atoms with van der Waals surface area (Å²) in [6.07, 6.45) is 10.2. The van der Waals surface area contributed by atoms with Gasteiger partial charge in [-0.3, -0.25) is 0 Å². The molecule has 5 rings (SSSR count). The Balaban J connectivity index is 1.55. The molecule has 32 heavy (non-hydrogen) atoms. The van der Waals surface area contributed by atoms with Crippen LogP contribution in [-0.2, 0) is 0 Å². The van der Waals surface area contributed by atoms with Gasteiger partial charge in [0.2, 0.25) is 0 Å². The van der Waals surface area contributed by atoms with Gasteiger partial charge in [-0.15, -0.1) is 0 Å². The van der Waals surface area contributed by atoms with Crippen molar-refractivity contribution in [3.8, 4) is 0 Å². The molecule has 0 heterocycles. The molecule has 0 saturated heterocycles. The minimum atomic E-state index is -0.215. The summed E-state index contributed by atoms with van der Waals surface area (Å²) in [6.45, 7) is 21.4. The van der Waals surface area contributed by atoms with Crippen LogP contribution in [0.15, 0.2) is 12.2 Å². The third kappa shape index (κ3) is 2.55. The first-order valence-corrected chi connectivity index (χ1v) is 13.8. The number of aliphatic hydroxyl groups excluding tert-OH is 2. The molecule has 5 aliphatic carbocycles. The minimum absolute atomic E-state index is 0.00172. The average Bonchev–Trinajstić information content (AvgIpc) is 3.07. The van der Waals surface area contributed by atoms with Crippen molar-refractivity contribution < 1.29 is 10.2 Å². The van der Waals surface area contributed by atoms with Crippen molar-refractivity contribution in [3.05, 3.63) is 12.2 Å². The van der Waals surface area contributed by atoms with E-state index in [4.69, 9.17) is 0 Å². The van der Waals surface area contributed by atoms with Gasteiger partial charge in [0.15, 0.2) is 0 Å². The highest BCUT2D eigenvalue weighted by molar-refractivity contribution is 5.23. The molecule has 0 bridgehead atoms. The van der Waals surface area contributed by atoms with E-state index in [1.54, 1.807) is 0 Å². The number of aliphatic hydroxyl groups is 2. The molecule has 2 nitrogen and oxygen atoms in total. The van der Waals surface area contributed by atoms with Crippen molar-refractivity contribution in [2.45, 2.75) is 118 Å². The highest BCUT2D eigenvalue weighted by atomic mass is 16.3. The van der Waals surface area contributed by atoms with E-state index in [9.17, 15) is 10.2 Å². The Morgan fingerprint density at radius 2 is 1.38 bits per heavy atom. The lowest BCUT2D eigenvalue weighted by Crippen LogP contribution is -2.69. The molecule has 2 heteroatoms. The van der Waals surface area contributed by atoms with Gasteiger partial charge in [0.1, 0.15) is 0 Å². The van der Waals surface area contributed by atoms with Crippen LogP contribution in [0.5, 0.6) is 0 Å². The van der Waals surface area contributed by atoms with Crippen LogP contribution in [0.1, 0.15) is 106 Å². The predicted molar refractivity (Wildman–Crippen MR) is 132 cm³/mol. The molecule has 0 unspecified atom stereocenters. The van der Waals surface area contributed by atoms with E-state index in [1.807, 2.05) is 0 Å². The number of allylic oxidation sites excluding steroid dienone is 1. The van der Waals surface area contributed by atoms with Crippen molar-refractivity contribution in [2.24, 2.45) is 56.7 Å². The maximum atomic E-state index is 12.1. The van der Waals surface area contributed by atoms with Crippen molar-refractivity contribution >= 4 is 0 Å². The summed E-state index contributed by atoms with van der Waals surface area (Å²) in [4.78, 5) is 0. The molecule has 5 aliphatic rings. The summed E-state index contributed by atoms with van der Waals surface area (Å²) in [5.41, 5.74) is 2.09. The number of fused-ring (bicyclic) bond motifs is 7. The van der Waals surface area contributed by atoms with Gasteiger partial charge in [-0.2, -0.15) is 0 Å². The minimum Gasteiger partial charge on any atom is -0.393 e. The first-order valence-electron chi connectivity index (χ1n) is 13.8. The summed E-state index contributed by atoms with van der Waals surface area (Å²) in [5.74, 6) is 3.07. The van der Waals surface area contributed by atoms with E-state index < -0.39 is 0 Å². The van der Waals surface area contributed by atoms with Crippen molar-refractivity contribution in [1.29, 1.82) is 0 Å². The third-order valence-electron chi connectivity index (χ3n) is 13.7. The second-order valence-corrected chi connectivity index (χ2v) is 14.7. The molecular weight excluding hydrogens is 392 g/mol. The molecule has 0 aliphatic heterocycles. The molecule has 0 radical (unpaired) electrons. The van der Waals surface area contributed by atoms with E-state index in [0.29, 0.717) is 35.0 Å². The molecule has 0 amide bonds. The van der Waals surface area contributed by atoms with Gasteiger partial charge in [0, 0.05) is 5.41 Å². The van der Waals surface area contributed by atoms with Crippen LogP contribution in [-0.4, -0.2) is 22.4 Å². The molecule has 11 atom stereocenters. The number of hydrogen-bond donors (Lipinski definition) is 2. The fourth-order valence-electron chi connectivity index (χ4n) is 11.7. The van der Waals surface area contributed by atoms with Crippen LogP contribution < -0.4 is 0 Å². The second-order valence-electron chi connectivity index (χ2n) is 14.7. The molecule has 2 N–H and O–H groups in total. The van der Waals surface area contributed by atoms with Gasteiger partial charge >= 0.3 is 0 Å². The zero-order valence-corrected chi connectivity index (χ0v) is 22.0. The smallest absolute Gasteiger partial charge is 0.0604 e. The monoisotopic (exact) mass is 442 g/mol. The Hall–Kier alpha value is -0.340. The zero-order chi connectivity index (χ0) is 23.5. The molecule has 182 valence electrons. The summed E-state index contributed by atoms with van der Waals surface area (Å²) in [7, 11) is 0. The highest BCUT2D eigenvalue weighted by Gasteiger charge is 2.72. The van der Waals surface area contributed by atoms with Gasteiger partial charge in [-0.05, 0) is 116 Å². The Bertz CT molecular complexity index is 801. The maximum Gasteiger partial charge on any atom is 0.0604 e. The molecule has 5 fully saturated rings. The zero-order valence-electron chi connectivity index (χ0n) is 22.0. The highest BCUT2D eigenvalue weighted by Crippen LogP contribution is 2.77. The van der Waals surface area contributed by atoms with Gasteiger partial charge in [0.05, 0.1) is 12.2 Å². The fourth-order valence-corrected chi connectivity index (χ4v) is 11.7. The maximum absolute atomic E-state index is 12.1. The molecule has 0 aromatic rings. The lowest BCUT2D eigenvalue weighted by molar-refractivity contribution is -0.270. The Labute approximate surface area is 197 Å². The largest absolute Gasteiger partial charge is 0.393 e. The standard InChI is InChI=1S/C30H50O2/c1-18(2)19-9-12-23-28(19,6)15-16-29(7)20-10-11-22-26(3,4)24(31)13-14-27(22,5)21(20)17-25(32)30(23,29)8/h19-25,31-32H,1,9-17H2,2-8H3/t19-,20+,21+,22+,23-,24-,25-,27-,28-,29-,30-/m1/s1. The topological polar surface area (TPSA) is 40.5 Å². The number of hydrogen-bond acceptors (Lipinski definition) is 2. The van der Waals surface area contributed by atoms with Crippen LogP contribution in [0.4, 0.5) is 0 Å². The first kappa shape index (κ1) is 23.4. The fraction of sp³-hybridized carbons (Fsp3) is 0.933. The van der Waals surface area contributed by atoms with E-state index in [-0.39, 0.29) is 33.9 Å². The lowest BCUT2D eigenvalue weighted by atomic mass is 9.32. The van der Waals surface area contributed by atoms with Gasteiger partial charge < -0.3 is 10.2 Å². The normalized spacial score (nSPS) is 58.8. The van der Waals surface area contributed by atoms with Gasteiger partial charge in [0.25, 0.3) is 0 Å². The van der Waals surface area contributed by atoms with Crippen LogP contribution in [0.3, 0.4) is 0 Å². The van der Waals surface area contributed by atoms with E-state index in [1.165, 1.54) is 44.1 Å². The molecule has 5 saturated carbocycles. The van der Waals surface area contributed by atoms with E-state index >= 15 is 0 Å². The number of rotatable bonds is 1. The SMILES string of the molecule is C=C(C)[C@H]1CC[C@@H]2[C@]1(C)CC[C@]1(C)[C@H]3CC[C@H]4C(C)(C)[C@H](O)CC[C@]4(C)[C@H]3C[C@@H](O)[C@@]21C. The van der Waals surface area contributed by atoms with Crippen LogP contribution >= 0.6 is 0 Å². The van der Waals surface area contributed by atoms with Gasteiger partial charge in [-0.25, -0.2) is 0 Å². The van der Waals surface area contributed by atoms with Crippen molar-refractivity contribution in [1.82, 2.24) is 0 Å². The van der Waals surface area contributed by atoms with Crippen LogP contribution in [0, 0.1) is 56.7 Å². The van der Waals surface area contributed by atoms with Crippen LogP contribution in [0.25, 0.3) is 0 Å². The second kappa shape index (κ2) is 6.87. The Kier molecular flexibility index (Phi) is 5.02. The summed E-state index contributed by atoms with van der Waals surface area (Å²) < 4.78 is 0. The lowest BCUT2D eigenvalue weighted by Gasteiger charge is -2.72. The molecule has 0 spiro atoms. The van der Waals surface area contributed by atoms with Crippen LogP contribution in [0.2, 0.25) is 0 Å². The summed E-state index contributed by atoms with van der Waals surface area (Å²) in [6, 6.07) is 0. The first-order chi connectivity index (χ1) is 14.7. The van der Waals surface area contributed by atoms with E-state index in [2.05, 4.69) is 55.0 Å². The molecular formula is C30H50O2. The molecule has 0 aromatic heterocycles. The Morgan fingerprint density at radius 1 is 0.719 bits per heavy atom. The van der Waals surface area contributed by atoms with Crippen molar-refractivity contribution in [2.75, 3.05) is 0 Å². The van der Waals surface area contributed by atoms with Gasteiger partial charge in [-0.1, -0.05) is 53.7 Å². The summed E-state index contributed by atoms with van der Waals surface area (Å²) in [5, 5.41) is 22.9. The average molecular weight is 443 g/mol. The third-order valence-corrected chi connectivity index (χ3v) is 13.7. The summed E-state index contributed by atoms with van der Waals surface area (Å²) >= 11 is 0. The Morgan fingerprint density at radius 3 is 2.03 bits per heavy atom. The molecule has 0 aromatic carbocycles. The quantitative estimate of drug-likeness (QED) is 0.429. The van der Waals surface area contributed by atoms with E-state index in [0.717, 1.165) is 19.3 Å².